The molecule has 40 valence electrons. The van der Waals surface area contributed by atoms with Gasteiger partial charge in [0, 0.05) is 0 Å². The molecule has 1 unspecified atom stereocenters. The van der Waals surface area contributed by atoms with Crippen molar-refractivity contribution in [2.75, 3.05) is 0 Å². The molecule has 0 amide bonds. The van der Waals surface area contributed by atoms with E-state index in [1.54, 1.807) is 0 Å². The molecule has 1 fully saturated rings. The third-order valence-corrected chi connectivity index (χ3v) is 1.89. The molecule has 1 aliphatic heterocycles. The summed E-state index contributed by atoms with van der Waals surface area (Å²) < 4.78 is 0. The lowest BCUT2D eigenvalue weighted by Gasteiger charge is -2.14. The fourth-order valence-corrected chi connectivity index (χ4v) is 1.31. The molecule has 1 saturated heterocycles. The van der Waals surface area contributed by atoms with Gasteiger partial charge in [0.05, 0.1) is 0 Å². The Balaban J connectivity index is 2.12. The van der Waals surface area contributed by atoms with Gasteiger partial charge in [-0.05, 0) is 0 Å². The van der Waals surface area contributed by atoms with Gasteiger partial charge in [-0.3, -0.25) is 0 Å². The average molecular weight is 96.0 g/mol. The predicted octanol–water partition coefficient (Wildman–Crippen LogP) is 1.69. The van der Waals surface area contributed by atoms with Crippen LogP contribution < -0.4 is 0 Å². The van der Waals surface area contributed by atoms with E-state index in [1.165, 1.54) is 32.8 Å². The van der Waals surface area contributed by atoms with E-state index in [4.69, 9.17) is 0 Å². The van der Waals surface area contributed by atoms with Gasteiger partial charge in [0.1, 0.15) is 7.28 Å². The normalized spacial score (nSPS) is 31.9. The van der Waals surface area contributed by atoms with E-state index in [2.05, 4.69) is 6.92 Å². The first-order valence-electron chi connectivity index (χ1n) is 3.39. The van der Waals surface area contributed by atoms with E-state index in [-0.39, 0.29) is 0 Å². The van der Waals surface area contributed by atoms with Gasteiger partial charge >= 0.3 is 0 Å². The van der Waals surface area contributed by atoms with Crippen molar-refractivity contribution in [3.63, 3.8) is 0 Å². The smallest absolute Gasteiger partial charge is 0.0774 e. The molecule has 0 radical (unpaired) electrons. The van der Waals surface area contributed by atoms with Crippen LogP contribution in [0.3, 0.4) is 0 Å². The maximum atomic E-state index is 2.36. The van der Waals surface area contributed by atoms with Gasteiger partial charge in [-0.25, -0.2) is 0 Å². The van der Waals surface area contributed by atoms with E-state index in [0.717, 1.165) is 5.92 Å². The first-order valence-corrected chi connectivity index (χ1v) is 3.39. The lowest BCUT2D eigenvalue weighted by atomic mass is 9.61. The molecule has 0 saturated carbocycles. The Bertz CT molecular complexity index is 46.1. The average Bonchev–Trinajstić information content (AvgIpc) is 1.69. The van der Waals surface area contributed by atoms with E-state index >= 15 is 0 Å². The molecule has 0 bridgehead atoms. The van der Waals surface area contributed by atoms with Crippen LogP contribution in [0, 0.1) is 5.92 Å². The summed E-state index contributed by atoms with van der Waals surface area (Å²) in [5.74, 6) is 1.04. The highest BCUT2D eigenvalue weighted by molar-refractivity contribution is 6.35. The summed E-state index contributed by atoms with van der Waals surface area (Å²) in [4.78, 5) is 0. The van der Waals surface area contributed by atoms with Crippen LogP contribution in [0.4, 0.5) is 0 Å². The van der Waals surface area contributed by atoms with Gasteiger partial charge in [0.15, 0.2) is 0 Å². The minimum atomic E-state index is 1.04. The fraction of sp³-hybridized carbons (Fsp3) is 1.00. The molecular formula is C6H13B. The molecule has 0 aromatic rings. The van der Waals surface area contributed by atoms with Crippen LogP contribution in [0.2, 0.25) is 12.6 Å². The van der Waals surface area contributed by atoms with E-state index < -0.39 is 0 Å². The van der Waals surface area contributed by atoms with E-state index in [9.17, 15) is 0 Å². The molecule has 1 atom stereocenters. The second-order valence-electron chi connectivity index (χ2n) is 2.74. The highest BCUT2D eigenvalue weighted by Crippen LogP contribution is 2.18. The first-order chi connectivity index (χ1) is 3.39. The first kappa shape index (κ1) is 5.21. The zero-order chi connectivity index (χ0) is 5.11. The molecule has 0 aliphatic carbocycles. The standard InChI is InChI=1S/C6H13B/c1-6-3-2-4-7-5-6/h6-7H,2-5H2,1H3. The number of hydrogen-bond acceptors (Lipinski definition) is 0. The third kappa shape index (κ3) is 1.54. The molecule has 1 rings (SSSR count). The Labute approximate surface area is 46.5 Å². The Kier molecular flexibility index (Phi) is 1.78. The van der Waals surface area contributed by atoms with Crippen molar-refractivity contribution in [3.8, 4) is 0 Å². The Morgan fingerprint density at radius 3 is 2.71 bits per heavy atom. The molecule has 1 heteroatoms. The Hall–Kier alpha value is 0.0649. The van der Waals surface area contributed by atoms with Gasteiger partial charge in [0.2, 0.25) is 0 Å². The van der Waals surface area contributed by atoms with Crippen LogP contribution in [-0.2, 0) is 0 Å². The lowest BCUT2D eigenvalue weighted by Crippen LogP contribution is -2.05. The molecule has 0 aromatic heterocycles. The number of rotatable bonds is 0. The van der Waals surface area contributed by atoms with Crippen LogP contribution in [0.5, 0.6) is 0 Å². The van der Waals surface area contributed by atoms with Crippen LogP contribution >= 0.6 is 0 Å². The zero-order valence-corrected chi connectivity index (χ0v) is 5.11. The quantitative estimate of drug-likeness (QED) is 0.402. The summed E-state index contributed by atoms with van der Waals surface area (Å²) >= 11 is 0. The van der Waals surface area contributed by atoms with Crippen molar-refractivity contribution in [1.82, 2.24) is 0 Å². The summed E-state index contributed by atoms with van der Waals surface area (Å²) in [7, 11) is 1.49. The highest BCUT2D eigenvalue weighted by Gasteiger charge is 2.07. The Morgan fingerprint density at radius 1 is 1.57 bits per heavy atom. The van der Waals surface area contributed by atoms with Crippen LogP contribution in [-0.4, -0.2) is 7.28 Å². The van der Waals surface area contributed by atoms with Gasteiger partial charge in [-0.1, -0.05) is 38.3 Å². The predicted molar refractivity (Wildman–Crippen MR) is 35.2 cm³/mol. The second kappa shape index (κ2) is 2.39. The largest absolute Gasteiger partial charge is 0.120 e. The number of hydrogen-bond donors (Lipinski definition) is 0. The fourth-order valence-electron chi connectivity index (χ4n) is 1.31. The lowest BCUT2D eigenvalue weighted by molar-refractivity contribution is 0.550. The van der Waals surface area contributed by atoms with E-state index in [0.29, 0.717) is 0 Å². The third-order valence-electron chi connectivity index (χ3n) is 1.89. The van der Waals surface area contributed by atoms with Gasteiger partial charge in [-0.2, -0.15) is 0 Å². The van der Waals surface area contributed by atoms with E-state index in [1.807, 2.05) is 0 Å². The maximum Gasteiger partial charge on any atom is 0.120 e. The summed E-state index contributed by atoms with van der Waals surface area (Å²) in [5.41, 5.74) is 0. The van der Waals surface area contributed by atoms with Crippen molar-refractivity contribution >= 4 is 7.28 Å². The van der Waals surface area contributed by atoms with Gasteiger partial charge < -0.3 is 0 Å². The molecular weight excluding hydrogens is 82.9 g/mol. The maximum absolute atomic E-state index is 2.36. The molecule has 0 nitrogen and oxygen atoms in total. The summed E-state index contributed by atoms with van der Waals surface area (Å²) in [6.45, 7) is 2.36. The summed E-state index contributed by atoms with van der Waals surface area (Å²) in [6.07, 6.45) is 5.95. The molecule has 1 heterocycles. The molecule has 0 aromatic carbocycles. The van der Waals surface area contributed by atoms with Crippen molar-refractivity contribution < 1.29 is 0 Å². The topological polar surface area (TPSA) is 0 Å². The molecule has 7 heavy (non-hydrogen) atoms. The zero-order valence-electron chi connectivity index (χ0n) is 5.11. The van der Waals surface area contributed by atoms with Crippen molar-refractivity contribution in [3.05, 3.63) is 0 Å². The van der Waals surface area contributed by atoms with Crippen LogP contribution in [0.1, 0.15) is 19.8 Å². The Morgan fingerprint density at radius 2 is 2.43 bits per heavy atom. The van der Waals surface area contributed by atoms with Crippen molar-refractivity contribution in [1.29, 1.82) is 0 Å². The molecule has 1 aliphatic rings. The van der Waals surface area contributed by atoms with Crippen LogP contribution in [0.15, 0.2) is 0 Å². The minimum absolute atomic E-state index is 1.04. The minimum Gasteiger partial charge on any atom is -0.0774 e. The summed E-state index contributed by atoms with van der Waals surface area (Å²) in [5, 5.41) is 0. The summed E-state index contributed by atoms with van der Waals surface area (Å²) in [6, 6.07) is 0. The molecule has 0 spiro atoms. The second-order valence-corrected chi connectivity index (χ2v) is 2.74. The monoisotopic (exact) mass is 96.1 g/mol. The molecule has 0 N–H and O–H groups in total. The SMILES string of the molecule is CC1CBCCC1. The van der Waals surface area contributed by atoms with Crippen molar-refractivity contribution in [2.24, 2.45) is 5.92 Å². The van der Waals surface area contributed by atoms with Crippen molar-refractivity contribution in [2.45, 2.75) is 32.4 Å². The van der Waals surface area contributed by atoms with Crippen LogP contribution in [0.25, 0.3) is 0 Å². The van der Waals surface area contributed by atoms with Gasteiger partial charge in [0.25, 0.3) is 0 Å². The highest BCUT2D eigenvalue weighted by atomic mass is 14.0. The van der Waals surface area contributed by atoms with Gasteiger partial charge in [-0.15, -0.1) is 0 Å².